The number of amides is 4. The van der Waals surface area contributed by atoms with Gasteiger partial charge in [0, 0.05) is 13.0 Å². The number of nitrogens with one attached hydrogen (secondary N) is 3. The van der Waals surface area contributed by atoms with Gasteiger partial charge in [-0.05, 0) is 38.5 Å². The van der Waals surface area contributed by atoms with Crippen LogP contribution in [-0.2, 0) is 24.0 Å². The number of aliphatic imine (C=N–C) groups is 1. The molecule has 0 saturated carbocycles. The van der Waals surface area contributed by atoms with Gasteiger partial charge in [0.25, 0.3) is 0 Å². The predicted octanol–water partition coefficient (Wildman–Crippen LogP) is -2.76. The van der Waals surface area contributed by atoms with Crippen LogP contribution < -0.4 is 38.9 Å². The van der Waals surface area contributed by atoms with Crippen molar-refractivity contribution in [3.05, 3.63) is 0 Å². The van der Waals surface area contributed by atoms with E-state index in [4.69, 9.17) is 22.9 Å². The second kappa shape index (κ2) is 15.4. The molecule has 0 aromatic rings. The zero-order valence-electron chi connectivity index (χ0n) is 19.9. The Hall–Kier alpha value is -3.42. The number of carbonyl (C=O) groups excluding carboxylic acids is 4. The first-order valence-electron chi connectivity index (χ1n) is 11.0. The van der Waals surface area contributed by atoms with E-state index in [1.54, 1.807) is 0 Å². The van der Waals surface area contributed by atoms with Crippen LogP contribution in [0.5, 0.6) is 0 Å². The van der Waals surface area contributed by atoms with Gasteiger partial charge in [-0.15, -0.1) is 0 Å². The van der Waals surface area contributed by atoms with E-state index < -0.39 is 53.8 Å². The third-order valence-corrected chi connectivity index (χ3v) is 4.69. The molecule has 4 amide bonds. The molecule has 12 N–H and O–H groups in total. The number of carboxylic acids is 1. The van der Waals surface area contributed by atoms with Crippen molar-refractivity contribution in [1.29, 1.82) is 0 Å². The Morgan fingerprint density at radius 2 is 1.44 bits per heavy atom. The van der Waals surface area contributed by atoms with Crippen LogP contribution in [0.15, 0.2) is 4.99 Å². The molecule has 0 aliphatic rings. The second-order valence-corrected chi connectivity index (χ2v) is 8.38. The number of rotatable bonds is 16. The molecule has 4 atom stereocenters. The fraction of sp³-hybridized carbons (Fsp3) is 0.700. The van der Waals surface area contributed by atoms with E-state index in [-0.39, 0.29) is 37.7 Å². The Balaban J connectivity index is 5.08. The van der Waals surface area contributed by atoms with Gasteiger partial charge >= 0.3 is 5.97 Å². The molecule has 0 fully saturated rings. The highest BCUT2D eigenvalue weighted by atomic mass is 16.4. The quantitative estimate of drug-likeness (QED) is 0.0637. The number of primary amides is 1. The smallest absolute Gasteiger partial charge is 0.326 e. The molecule has 14 heteroatoms. The summed E-state index contributed by atoms with van der Waals surface area (Å²) in [4.78, 5) is 63.8. The highest BCUT2D eigenvalue weighted by Crippen LogP contribution is 2.05. The molecule has 0 spiro atoms. The molecule has 0 saturated heterocycles. The van der Waals surface area contributed by atoms with Crippen molar-refractivity contribution in [2.24, 2.45) is 33.8 Å². The predicted molar refractivity (Wildman–Crippen MR) is 125 cm³/mol. The Morgan fingerprint density at radius 3 is 1.94 bits per heavy atom. The number of carbonyl (C=O) groups is 5. The normalized spacial score (nSPS) is 14.3. The third-order valence-electron chi connectivity index (χ3n) is 4.69. The van der Waals surface area contributed by atoms with E-state index >= 15 is 0 Å². The summed E-state index contributed by atoms with van der Waals surface area (Å²) < 4.78 is 0. The summed E-state index contributed by atoms with van der Waals surface area (Å²) in [7, 11) is 0. The maximum absolute atomic E-state index is 12.7. The van der Waals surface area contributed by atoms with Gasteiger partial charge in [-0.25, -0.2) is 4.79 Å². The molecule has 14 nitrogen and oxygen atoms in total. The molecular weight excluding hydrogens is 448 g/mol. The number of guanidine groups is 1. The van der Waals surface area contributed by atoms with Crippen molar-refractivity contribution in [1.82, 2.24) is 16.0 Å². The Morgan fingerprint density at radius 1 is 0.853 bits per heavy atom. The molecule has 0 aromatic heterocycles. The minimum absolute atomic E-state index is 0.0591. The zero-order chi connectivity index (χ0) is 26.4. The van der Waals surface area contributed by atoms with Crippen molar-refractivity contribution in [3.8, 4) is 0 Å². The number of hydrogen-bond acceptors (Lipinski definition) is 7. The van der Waals surface area contributed by atoms with Gasteiger partial charge in [-0.2, -0.15) is 0 Å². The SMILES string of the molecule is CC(C)CC(N)C(=O)NC(CCC(N)=O)C(=O)NC(C)C(=O)NC(CCCN=C(N)N)C(=O)O. The molecule has 0 aromatic carbocycles. The topological polar surface area (TPSA) is 258 Å². The summed E-state index contributed by atoms with van der Waals surface area (Å²) in [5.74, 6) is -3.99. The number of hydrogen-bond donors (Lipinski definition) is 8. The number of carboxylic acid groups (broad SMARTS) is 1. The minimum atomic E-state index is -1.26. The van der Waals surface area contributed by atoms with Crippen LogP contribution >= 0.6 is 0 Å². The number of aliphatic carboxylic acids is 1. The molecule has 0 aliphatic heterocycles. The second-order valence-electron chi connectivity index (χ2n) is 8.38. The lowest BCUT2D eigenvalue weighted by Crippen LogP contribution is -2.56. The number of nitrogens with two attached hydrogens (primary N) is 4. The van der Waals surface area contributed by atoms with E-state index in [0.717, 1.165) is 0 Å². The van der Waals surface area contributed by atoms with Gasteiger partial charge < -0.3 is 44.0 Å². The monoisotopic (exact) mass is 486 g/mol. The van der Waals surface area contributed by atoms with Crippen LogP contribution in [0.25, 0.3) is 0 Å². The van der Waals surface area contributed by atoms with Crippen molar-refractivity contribution >= 4 is 35.6 Å². The lowest BCUT2D eigenvalue weighted by molar-refractivity contribution is -0.142. The van der Waals surface area contributed by atoms with Gasteiger partial charge in [0.05, 0.1) is 6.04 Å². The Labute approximate surface area is 198 Å². The van der Waals surface area contributed by atoms with Crippen LogP contribution in [0.4, 0.5) is 0 Å². The van der Waals surface area contributed by atoms with Crippen LogP contribution in [0, 0.1) is 5.92 Å². The van der Waals surface area contributed by atoms with E-state index in [2.05, 4.69) is 20.9 Å². The highest BCUT2D eigenvalue weighted by Gasteiger charge is 2.28. The summed E-state index contributed by atoms with van der Waals surface area (Å²) in [6, 6.07) is -4.38. The largest absolute Gasteiger partial charge is 0.480 e. The van der Waals surface area contributed by atoms with Crippen LogP contribution in [0.2, 0.25) is 0 Å². The maximum Gasteiger partial charge on any atom is 0.326 e. The summed E-state index contributed by atoms with van der Waals surface area (Å²) >= 11 is 0. The van der Waals surface area contributed by atoms with E-state index in [9.17, 15) is 29.1 Å². The molecule has 194 valence electrons. The van der Waals surface area contributed by atoms with E-state index in [1.165, 1.54) is 6.92 Å². The summed E-state index contributed by atoms with van der Waals surface area (Å²) in [6.07, 6.45) is 0.458. The first kappa shape index (κ1) is 30.6. The molecule has 34 heavy (non-hydrogen) atoms. The van der Waals surface area contributed by atoms with Crippen molar-refractivity contribution in [2.45, 2.75) is 77.0 Å². The van der Waals surface area contributed by atoms with Crippen LogP contribution in [0.1, 0.15) is 52.9 Å². The van der Waals surface area contributed by atoms with Gasteiger partial charge in [-0.1, -0.05) is 13.8 Å². The lowest BCUT2D eigenvalue weighted by atomic mass is 10.0. The first-order chi connectivity index (χ1) is 15.7. The average molecular weight is 487 g/mol. The molecule has 0 rings (SSSR count). The average Bonchev–Trinajstić information content (AvgIpc) is 2.71. The molecular formula is C20H38N8O6. The zero-order valence-corrected chi connectivity index (χ0v) is 19.9. The Kier molecular flexibility index (Phi) is 13.9. The van der Waals surface area contributed by atoms with Gasteiger partial charge in [-0.3, -0.25) is 24.2 Å². The van der Waals surface area contributed by atoms with E-state index in [0.29, 0.717) is 12.8 Å². The van der Waals surface area contributed by atoms with Gasteiger partial charge in [0.2, 0.25) is 23.6 Å². The molecule has 0 radical (unpaired) electrons. The molecule has 0 bridgehead atoms. The summed E-state index contributed by atoms with van der Waals surface area (Å²) in [5.41, 5.74) is 21.4. The van der Waals surface area contributed by atoms with Crippen molar-refractivity contribution < 1.29 is 29.1 Å². The maximum atomic E-state index is 12.7. The molecule has 0 aliphatic carbocycles. The van der Waals surface area contributed by atoms with Crippen LogP contribution in [0.3, 0.4) is 0 Å². The summed E-state index contributed by atoms with van der Waals surface area (Å²) in [6.45, 7) is 5.31. The third kappa shape index (κ3) is 13.2. The lowest BCUT2D eigenvalue weighted by Gasteiger charge is -2.23. The van der Waals surface area contributed by atoms with Gasteiger partial charge in [0.1, 0.15) is 18.1 Å². The summed E-state index contributed by atoms with van der Waals surface area (Å²) in [5, 5.41) is 16.6. The first-order valence-corrected chi connectivity index (χ1v) is 11.0. The Bertz CT molecular complexity index is 753. The minimum Gasteiger partial charge on any atom is -0.480 e. The van der Waals surface area contributed by atoms with E-state index in [1.807, 2.05) is 13.8 Å². The van der Waals surface area contributed by atoms with Crippen molar-refractivity contribution in [2.75, 3.05) is 6.54 Å². The molecule has 4 unspecified atom stereocenters. The standard InChI is InChI=1S/C20H38N8O6/c1-10(2)9-12(21)17(31)27-13(6-7-15(22)29)18(32)26-11(3)16(30)28-14(19(33)34)5-4-8-25-20(23)24/h10-14H,4-9,21H2,1-3H3,(H2,22,29)(H,26,32)(H,27,31)(H,28,30)(H,33,34)(H4,23,24,25). The fourth-order valence-electron chi connectivity index (χ4n) is 2.89. The molecule has 0 heterocycles. The highest BCUT2D eigenvalue weighted by molar-refractivity contribution is 5.94. The van der Waals surface area contributed by atoms with Crippen LogP contribution in [-0.4, -0.2) is 71.4 Å². The van der Waals surface area contributed by atoms with Gasteiger partial charge in [0.15, 0.2) is 5.96 Å². The van der Waals surface area contributed by atoms with Crippen molar-refractivity contribution in [3.63, 3.8) is 0 Å². The fourth-order valence-corrected chi connectivity index (χ4v) is 2.89. The number of nitrogens with zero attached hydrogens (tertiary/aromatic N) is 1.